The third kappa shape index (κ3) is 2.59. The van der Waals surface area contributed by atoms with Gasteiger partial charge in [0.05, 0.1) is 17.0 Å². The largest absolute Gasteiger partial charge is 0.399 e. The normalized spacial score (nSPS) is 18.0. The van der Waals surface area contributed by atoms with Gasteiger partial charge in [0.1, 0.15) is 0 Å². The van der Waals surface area contributed by atoms with Crippen LogP contribution in [0.15, 0.2) is 23.1 Å². The lowest BCUT2D eigenvalue weighted by molar-refractivity contribution is 0.246. The van der Waals surface area contributed by atoms with E-state index >= 15 is 0 Å². The number of sulfonamides is 1. The number of aryl methyl sites for hydroxylation is 1. The average Bonchev–Trinajstić information content (AvgIpc) is 2.96. The molecule has 0 heterocycles. The van der Waals surface area contributed by atoms with Gasteiger partial charge >= 0.3 is 0 Å². The number of benzene rings is 1. The Morgan fingerprint density at radius 3 is 2.53 bits per heavy atom. The summed E-state index contributed by atoms with van der Waals surface area (Å²) in [6.07, 6.45) is 1.34. The summed E-state index contributed by atoms with van der Waals surface area (Å²) in [4.78, 5) is 0.148. The molecule has 1 aromatic rings. The molecule has 0 bridgehead atoms. The summed E-state index contributed by atoms with van der Waals surface area (Å²) in [5.41, 5.74) is 6.18. The number of hydrogen-bond acceptors (Lipinski definition) is 4. The molecule has 1 saturated carbocycles. The number of rotatable bonds is 4. The summed E-state index contributed by atoms with van der Waals surface area (Å²) in [5, 5.41) is 9.12. The fourth-order valence-corrected chi connectivity index (χ4v) is 3.31. The number of nitrogens with one attached hydrogen (secondary N) is 1. The third-order valence-electron chi connectivity index (χ3n) is 2.89. The first-order valence-corrected chi connectivity index (χ1v) is 6.87. The predicted octanol–water partition coefficient (Wildman–Crippen LogP) is 0.380. The first-order chi connectivity index (χ1) is 7.87. The minimum atomic E-state index is -3.60. The van der Waals surface area contributed by atoms with Crippen molar-refractivity contribution in [2.45, 2.75) is 30.2 Å². The SMILES string of the molecule is Cc1cc(N)cc(S(=O)(=O)NC2(CO)CC2)c1. The first kappa shape index (κ1) is 12.3. The zero-order valence-corrected chi connectivity index (χ0v) is 10.4. The van der Waals surface area contributed by atoms with Gasteiger partial charge in [0.2, 0.25) is 10.0 Å². The van der Waals surface area contributed by atoms with E-state index in [-0.39, 0.29) is 11.5 Å². The summed E-state index contributed by atoms with van der Waals surface area (Å²) in [6, 6.07) is 4.69. The highest BCUT2D eigenvalue weighted by molar-refractivity contribution is 7.89. The summed E-state index contributed by atoms with van der Waals surface area (Å²) in [5.74, 6) is 0. The van der Waals surface area contributed by atoms with Crippen molar-refractivity contribution in [3.05, 3.63) is 23.8 Å². The second kappa shape index (κ2) is 3.97. The van der Waals surface area contributed by atoms with E-state index in [0.717, 1.165) is 5.56 Å². The van der Waals surface area contributed by atoms with Crippen molar-refractivity contribution in [1.29, 1.82) is 0 Å². The Hall–Kier alpha value is -1.11. The number of nitrogens with two attached hydrogens (primary N) is 1. The van der Waals surface area contributed by atoms with Crippen LogP contribution in [-0.2, 0) is 10.0 Å². The first-order valence-electron chi connectivity index (χ1n) is 5.39. The topological polar surface area (TPSA) is 92.4 Å². The molecule has 0 atom stereocenters. The highest BCUT2D eigenvalue weighted by atomic mass is 32.2. The van der Waals surface area contributed by atoms with Crippen molar-refractivity contribution >= 4 is 15.7 Å². The Morgan fingerprint density at radius 1 is 1.41 bits per heavy atom. The van der Waals surface area contributed by atoms with E-state index in [9.17, 15) is 8.42 Å². The van der Waals surface area contributed by atoms with Crippen molar-refractivity contribution in [2.75, 3.05) is 12.3 Å². The second-order valence-electron chi connectivity index (χ2n) is 4.62. The Balaban J connectivity index is 2.31. The molecule has 0 unspecified atom stereocenters. The summed E-state index contributed by atoms with van der Waals surface area (Å²) >= 11 is 0. The minimum absolute atomic E-state index is 0.148. The molecule has 0 saturated heterocycles. The van der Waals surface area contributed by atoms with Gasteiger partial charge in [0.25, 0.3) is 0 Å². The smallest absolute Gasteiger partial charge is 0.241 e. The van der Waals surface area contributed by atoms with Crippen molar-refractivity contribution in [1.82, 2.24) is 4.72 Å². The van der Waals surface area contributed by atoms with E-state index in [2.05, 4.69) is 4.72 Å². The molecular formula is C11H16N2O3S. The van der Waals surface area contributed by atoms with Crippen LogP contribution < -0.4 is 10.5 Å². The molecule has 0 spiro atoms. The molecule has 1 aliphatic carbocycles. The van der Waals surface area contributed by atoms with Crippen LogP contribution in [-0.4, -0.2) is 25.7 Å². The predicted molar refractivity (Wildman–Crippen MR) is 65.0 cm³/mol. The molecule has 1 aromatic carbocycles. The highest BCUT2D eigenvalue weighted by Gasteiger charge is 2.45. The molecule has 1 fully saturated rings. The van der Waals surface area contributed by atoms with Crippen LogP contribution in [0.25, 0.3) is 0 Å². The zero-order valence-electron chi connectivity index (χ0n) is 9.60. The number of nitrogen functional groups attached to an aromatic ring is 1. The minimum Gasteiger partial charge on any atom is -0.399 e. The van der Waals surface area contributed by atoms with Crippen LogP contribution in [0.2, 0.25) is 0 Å². The Morgan fingerprint density at radius 2 is 2.06 bits per heavy atom. The van der Waals surface area contributed by atoms with Gasteiger partial charge in [-0.05, 0) is 43.5 Å². The molecule has 2 rings (SSSR count). The van der Waals surface area contributed by atoms with E-state index in [4.69, 9.17) is 10.8 Å². The van der Waals surface area contributed by atoms with Crippen molar-refractivity contribution in [3.8, 4) is 0 Å². The lowest BCUT2D eigenvalue weighted by atomic mass is 10.2. The van der Waals surface area contributed by atoms with Crippen LogP contribution in [0.1, 0.15) is 18.4 Å². The van der Waals surface area contributed by atoms with Crippen LogP contribution in [0.3, 0.4) is 0 Å². The van der Waals surface area contributed by atoms with Crippen LogP contribution in [0, 0.1) is 6.92 Å². The fraction of sp³-hybridized carbons (Fsp3) is 0.455. The molecule has 0 radical (unpaired) electrons. The van der Waals surface area contributed by atoms with Crippen molar-refractivity contribution in [3.63, 3.8) is 0 Å². The van der Waals surface area contributed by atoms with Gasteiger partial charge in [-0.1, -0.05) is 0 Å². The third-order valence-corrected chi connectivity index (χ3v) is 4.45. The fourth-order valence-electron chi connectivity index (χ4n) is 1.72. The summed E-state index contributed by atoms with van der Waals surface area (Å²) in [6.45, 7) is 1.61. The van der Waals surface area contributed by atoms with Gasteiger partial charge in [-0.25, -0.2) is 13.1 Å². The highest BCUT2D eigenvalue weighted by Crippen LogP contribution is 2.36. The van der Waals surface area contributed by atoms with Crippen LogP contribution >= 0.6 is 0 Å². The number of hydrogen-bond donors (Lipinski definition) is 3. The molecular weight excluding hydrogens is 240 g/mol. The van der Waals surface area contributed by atoms with Gasteiger partial charge < -0.3 is 10.8 Å². The van der Waals surface area contributed by atoms with Crippen molar-refractivity contribution in [2.24, 2.45) is 0 Å². The van der Waals surface area contributed by atoms with E-state index in [0.29, 0.717) is 18.5 Å². The Labute approximate surface area is 101 Å². The zero-order chi connectivity index (χ0) is 12.7. The molecule has 4 N–H and O–H groups in total. The van der Waals surface area contributed by atoms with Crippen molar-refractivity contribution < 1.29 is 13.5 Å². The van der Waals surface area contributed by atoms with E-state index < -0.39 is 15.6 Å². The van der Waals surface area contributed by atoms with Gasteiger partial charge in [-0.15, -0.1) is 0 Å². The molecule has 5 nitrogen and oxygen atoms in total. The molecule has 0 aliphatic heterocycles. The maximum absolute atomic E-state index is 12.1. The molecule has 17 heavy (non-hydrogen) atoms. The maximum Gasteiger partial charge on any atom is 0.241 e. The van der Waals surface area contributed by atoms with Crippen LogP contribution in [0.4, 0.5) is 5.69 Å². The lowest BCUT2D eigenvalue weighted by Crippen LogP contribution is -2.39. The number of aliphatic hydroxyl groups is 1. The van der Waals surface area contributed by atoms with Gasteiger partial charge in [0.15, 0.2) is 0 Å². The Bertz CT molecular complexity index is 515. The van der Waals surface area contributed by atoms with E-state index in [1.165, 1.54) is 6.07 Å². The van der Waals surface area contributed by atoms with E-state index in [1.807, 2.05) is 0 Å². The summed E-state index contributed by atoms with van der Waals surface area (Å²) < 4.78 is 26.7. The van der Waals surface area contributed by atoms with Crippen LogP contribution in [0.5, 0.6) is 0 Å². The molecule has 1 aliphatic rings. The number of aliphatic hydroxyl groups excluding tert-OH is 1. The average molecular weight is 256 g/mol. The lowest BCUT2D eigenvalue weighted by Gasteiger charge is -2.15. The molecule has 6 heteroatoms. The maximum atomic E-state index is 12.1. The number of anilines is 1. The quantitative estimate of drug-likeness (QED) is 0.679. The van der Waals surface area contributed by atoms with Gasteiger partial charge in [-0.3, -0.25) is 0 Å². The van der Waals surface area contributed by atoms with Gasteiger partial charge in [-0.2, -0.15) is 0 Å². The van der Waals surface area contributed by atoms with Gasteiger partial charge in [0, 0.05) is 5.69 Å². The molecule has 0 aromatic heterocycles. The monoisotopic (exact) mass is 256 g/mol. The second-order valence-corrected chi connectivity index (χ2v) is 6.31. The molecule has 0 amide bonds. The Kier molecular flexibility index (Phi) is 2.89. The van der Waals surface area contributed by atoms with E-state index in [1.54, 1.807) is 19.1 Å². The molecule has 94 valence electrons. The summed E-state index contributed by atoms with van der Waals surface area (Å²) in [7, 11) is -3.60. The standard InChI is InChI=1S/C11H16N2O3S/c1-8-4-9(12)6-10(5-8)17(15,16)13-11(7-14)2-3-11/h4-6,13-14H,2-3,7,12H2,1H3.